The van der Waals surface area contributed by atoms with Crippen LogP contribution >= 0.6 is 11.8 Å². The zero-order valence-electron chi connectivity index (χ0n) is 5.31. The van der Waals surface area contributed by atoms with Gasteiger partial charge in [-0.25, -0.2) is 0 Å². The molecule has 0 bridgehead atoms. The van der Waals surface area contributed by atoms with E-state index in [0.717, 1.165) is 11.8 Å². The summed E-state index contributed by atoms with van der Waals surface area (Å²) in [4.78, 5) is 10.2. The van der Waals surface area contributed by atoms with Gasteiger partial charge in [0.25, 0.3) is 0 Å². The zero-order valence-corrected chi connectivity index (χ0v) is 6.13. The Bertz CT molecular complexity index is 185. The Kier molecular flexibility index (Phi) is 1.82. The number of rotatable bonds is 1. The molecule has 0 atom stereocenters. The molecule has 1 aliphatic heterocycles. The van der Waals surface area contributed by atoms with Gasteiger partial charge >= 0.3 is 12.1 Å². The van der Waals surface area contributed by atoms with Crippen molar-refractivity contribution in [1.29, 1.82) is 0 Å². The standard InChI is InChI=1S/C5H5F3O2S/c6-5(7,8)4(3(9)10)1-11-2-4/h1-2H2,(H,9,10). The molecule has 1 heterocycles. The molecule has 1 fully saturated rings. The average molecular weight is 186 g/mol. The van der Waals surface area contributed by atoms with Crippen LogP contribution in [0.1, 0.15) is 0 Å². The first-order chi connectivity index (χ1) is 4.90. The van der Waals surface area contributed by atoms with E-state index in [2.05, 4.69) is 0 Å². The second kappa shape index (κ2) is 2.30. The van der Waals surface area contributed by atoms with E-state index in [0.29, 0.717) is 0 Å². The number of carboxylic acid groups (broad SMARTS) is 1. The van der Waals surface area contributed by atoms with Gasteiger partial charge in [0, 0.05) is 11.5 Å². The predicted octanol–water partition coefficient (Wildman–Crippen LogP) is 1.37. The molecule has 0 spiro atoms. The Morgan fingerprint density at radius 1 is 1.45 bits per heavy atom. The fraction of sp³-hybridized carbons (Fsp3) is 0.800. The van der Waals surface area contributed by atoms with Crippen LogP contribution in [0.15, 0.2) is 0 Å². The lowest BCUT2D eigenvalue weighted by molar-refractivity contribution is -0.221. The van der Waals surface area contributed by atoms with E-state index in [-0.39, 0.29) is 11.5 Å². The number of aliphatic carboxylic acids is 1. The van der Waals surface area contributed by atoms with Gasteiger partial charge in [0.05, 0.1) is 0 Å². The number of carbonyl (C=O) groups is 1. The van der Waals surface area contributed by atoms with Gasteiger partial charge in [-0.3, -0.25) is 4.79 Å². The van der Waals surface area contributed by atoms with Crippen LogP contribution < -0.4 is 0 Å². The van der Waals surface area contributed by atoms with Crippen LogP contribution in [0.3, 0.4) is 0 Å². The van der Waals surface area contributed by atoms with Crippen LogP contribution in [-0.4, -0.2) is 28.8 Å². The van der Waals surface area contributed by atoms with Crippen molar-refractivity contribution in [2.45, 2.75) is 6.18 Å². The Morgan fingerprint density at radius 3 is 1.91 bits per heavy atom. The van der Waals surface area contributed by atoms with E-state index in [1.807, 2.05) is 0 Å². The molecule has 11 heavy (non-hydrogen) atoms. The van der Waals surface area contributed by atoms with Crippen molar-refractivity contribution < 1.29 is 23.1 Å². The molecule has 2 nitrogen and oxygen atoms in total. The Morgan fingerprint density at radius 2 is 1.91 bits per heavy atom. The van der Waals surface area contributed by atoms with Gasteiger partial charge in [-0.05, 0) is 0 Å². The minimum Gasteiger partial charge on any atom is -0.481 e. The SMILES string of the molecule is O=C(O)C1(C(F)(F)F)CSC1. The number of hydrogen-bond donors (Lipinski definition) is 1. The van der Waals surface area contributed by atoms with E-state index in [1.54, 1.807) is 0 Å². The maximum absolute atomic E-state index is 12.0. The van der Waals surface area contributed by atoms with Crippen molar-refractivity contribution in [1.82, 2.24) is 0 Å². The van der Waals surface area contributed by atoms with Crippen LogP contribution in [0.25, 0.3) is 0 Å². The Hall–Kier alpha value is -0.390. The Labute approximate surface area is 64.8 Å². The summed E-state index contributed by atoms with van der Waals surface area (Å²) >= 11 is 0.998. The minimum atomic E-state index is -4.61. The molecule has 6 heteroatoms. The summed E-state index contributed by atoms with van der Waals surface area (Å²) in [5.41, 5.74) is -2.46. The first kappa shape index (κ1) is 8.70. The quantitative estimate of drug-likeness (QED) is 0.671. The monoisotopic (exact) mass is 186 g/mol. The molecule has 0 aromatic rings. The summed E-state index contributed by atoms with van der Waals surface area (Å²) in [7, 11) is 0. The summed E-state index contributed by atoms with van der Waals surface area (Å²) in [6.45, 7) is 0. The number of hydrogen-bond acceptors (Lipinski definition) is 2. The van der Waals surface area contributed by atoms with Crippen LogP contribution in [0.2, 0.25) is 0 Å². The lowest BCUT2D eigenvalue weighted by Gasteiger charge is -2.38. The molecule has 0 unspecified atom stereocenters. The minimum absolute atomic E-state index is 0.355. The topological polar surface area (TPSA) is 37.3 Å². The highest BCUT2D eigenvalue weighted by Crippen LogP contribution is 2.50. The van der Waals surface area contributed by atoms with E-state index >= 15 is 0 Å². The largest absolute Gasteiger partial charge is 0.481 e. The summed E-state index contributed by atoms with van der Waals surface area (Å²) in [5.74, 6) is -2.47. The molecular weight excluding hydrogens is 181 g/mol. The van der Waals surface area contributed by atoms with Gasteiger partial charge in [0.1, 0.15) is 0 Å². The van der Waals surface area contributed by atoms with E-state index in [9.17, 15) is 18.0 Å². The molecule has 1 N–H and O–H groups in total. The highest BCUT2D eigenvalue weighted by molar-refractivity contribution is 8.00. The number of carboxylic acids is 1. The van der Waals surface area contributed by atoms with E-state index in [1.165, 1.54) is 0 Å². The second-order valence-electron chi connectivity index (χ2n) is 2.38. The number of alkyl halides is 3. The molecule has 0 saturated carbocycles. The molecule has 0 aliphatic carbocycles. The normalized spacial score (nSPS) is 22.5. The summed E-state index contributed by atoms with van der Waals surface area (Å²) in [5, 5.41) is 8.29. The van der Waals surface area contributed by atoms with Crippen LogP contribution in [0.4, 0.5) is 13.2 Å². The van der Waals surface area contributed by atoms with Gasteiger partial charge in [0.15, 0.2) is 5.41 Å². The maximum Gasteiger partial charge on any atom is 0.406 e. The zero-order chi connectivity index (χ0) is 8.70. The number of thioether (sulfide) groups is 1. The number of halogens is 3. The average Bonchev–Trinajstić information content (AvgIpc) is 1.52. The van der Waals surface area contributed by atoms with Crippen molar-refractivity contribution in [2.75, 3.05) is 11.5 Å². The third-order valence-electron chi connectivity index (χ3n) is 1.65. The molecular formula is C5H5F3O2S. The molecule has 0 radical (unpaired) electrons. The molecule has 64 valence electrons. The Balaban J connectivity index is 2.85. The van der Waals surface area contributed by atoms with Gasteiger partial charge in [-0.2, -0.15) is 24.9 Å². The van der Waals surface area contributed by atoms with Crippen molar-refractivity contribution in [3.05, 3.63) is 0 Å². The molecule has 0 aromatic heterocycles. The van der Waals surface area contributed by atoms with Crippen LogP contribution in [-0.2, 0) is 4.79 Å². The molecule has 0 amide bonds. The van der Waals surface area contributed by atoms with Gasteiger partial charge < -0.3 is 5.11 Å². The summed E-state index contributed by atoms with van der Waals surface area (Å²) in [6, 6.07) is 0. The third-order valence-corrected chi connectivity index (χ3v) is 3.04. The highest BCUT2D eigenvalue weighted by atomic mass is 32.2. The van der Waals surface area contributed by atoms with Gasteiger partial charge in [-0.1, -0.05) is 0 Å². The highest BCUT2D eigenvalue weighted by Gasteiger charge is 2.64. The first-order valence-corrected chi connectivity index (χ1v) is 3.93. The molecule has 1 aliphatic rings. The maximum atomic E-state index is 12.0. The van der Waals surface area contributed by atoms with E-state index < -0.39 is 17.6 Å². The van der Waals surface area contributed by atoms with Gasteiger partial charge in [0.2, 0.25) is 0 Å². The van der Waals surface area contributed by atoms with Crippen molar-refractivity contribution in [2.24, 2.45) is 5.41 Å². The van der Waals surface area contributed by atoms with Gasteiger partial charge in [-0.15, -0.1) is 0 Å². The molecule has 1 saturated heterocycles. The fourth-order valence-corrected chi connectivity index (χ4v) is 1.90. The molecule has 1 rings (SSSR count). The first-order valence-electron chi connectivity index (χ1n) is 2.78. The lowest BCUT2D eigenvalue weighted by atomic mass is 9.91. The second-order valence-corrected chi connectivity index (χ2v) is 3.36. The lowest BCUT2D eigenvalue weighted by Crippen LogP contribution is -2.54. The van der Waals surface area contributed by atoms with Crippen LogP contribution in [0, 0.1) is 5.41 Å². The third kappa shape index (κ3) is 1.09. The summed E-state index contributed by atoms with van der Waals surface area (Å²) in [6.07, 6.45) is -4.61. The predicted molar refractivity (Wildman–Crippen MR) is 33.4 cm³/mol. The van der Waals surface area contributed by atoms with Crippen molar-refractivity contribution >= 4 is 17.7 Å². The smallest absolute Gasteiger partial charge is 0.406 e. The van der Waals surface area contributed by atoms with Crippen molar-refractivity contribution in [3.63, 3.8) is 0 Å². The molecule has 0 aromatic carbocycles. The van der Waals surface area contributed by atoms with Crippen LogP contribution in [0.5, 0.6) is 0 Å². The fourth-order valence-electron chi connectivity index (χ4n) is 0.715. The van der Waals surface area contributed by atoms with Crippen molar-refractivity contribution in [3.8, 4) is 0 Å². The summed E-state index contributed by atoms with van der Waals surface area (Å²) < 4.78 is 36.0. The van der Waals surface area contributed by atoms with E-state index in [4.69, 9.17) is 5.11 Å².